The second-order valence-electron chi connectivity index (χ2n) is 5.13. The molecule has 2 heterocycles. The first kappa shape index (κ1) is 13.0. The van der Waals surface area contributed by atoms with Crippen molar-refractivity contribution in [3.63, 3.8) is 0 Å². The number of hydrogen-bond donors (Lipinski definition) is 2. The van der Waals surface area contributed by atoms with E-state index < -0.39 is 0 Å². The summed E-state index contributed by atoms with van der Waals surface area (Å²) in [4.78, 5) is 9.19. The largest absolute Gasteiger partial charge is 0.357 e. The van der Waals surface area contributed by atoms with Gasteiger partial charge in [-0.05, 0) is 31.9 Å². The van der Waals surface area contributed by atoms with Crippen LogP contribution in [0.5, 0.6) is 0 Å². The third kappa shape index (κ3) is 3.29. The molecular weight excluding hydrogens is 250 g/mol. The second-order valence-corrected chi connectivity index (χ2v) is 5.13. The lowest BCUT2D eigenvalue weighted by Crippen LogP contribution is -2.38. The SMILES string of the molecule is CCNC(=NCCc1cn2ccccc2n1)NC1CC1. The highest BCUT2D eigenvalue weighted by Gasteiger charge is 2.21. The third-order valence-corrected chi connectivity index (χ3v) is 3.31. The molecule has 1 aliphatic carbocycles. The molecule has 106 valence electrons. The van der Waals surface area contributed by atoms with E-state index in [9.17, 15) is 0 Å². The molecule has 5 nitrogen and oxygen atoms in total. The lowest BCUT2D eigenvalue weighted by Gasteiger charge is -2.09. The monoisotopic (exact) mass is 271 g/mol. The van der Waals surface area contributed by atoms with Gasteiger partial charge in [0, 0.05) is 37.9 Å². The van der Waals surface area contributed by atoms with Gasteiger partial charge in [0.1, 0.15) is 5.65 Å². The first-order chi connectivity index (χ1) is 9.85. The molecule has 0 spiro atoms. The molecule has 0 atom stereocenters. The summed E-state index contributed by atoms with van der Waals surface area (Å²) < 4.78 is 2.05. The first-order valence-electron chi connectivity index (χ1n) is 7.32. The molecule has 5 heteroatoms. The number of aliphatic imine (C=N–C) groups is 1. The van der Waals surface area contributed by atoms with E-state index in [2.05, 4.69) is 33.7 Å². The molecule has 2 aromatic rings. The molecule has 0 aliphatic heterocycles. The summed E-state index contributed by atoms with van der Waals surface area (Å²) in [6.45, 7) is 3.74. The van der Waals surface area contributed by atoms with Gasteiger partial charge in [0.2, 0.25) is 0 Å². The van der Waals surface area contributed by atoms with Crippen LogP contribution in [-0.2, 0) is 6.42 Å². The molecule has 1 saturated carbocycles. The fraction of sp³-hybridized carbons (Fsp3) is 0.467. The minimum absolute atomic E-state index is 0.628. The number of nitrogens with one attached hydrogen (secondary N) is 2. The molecule has 2 N–H and O–H groups in total. The van der Waals surface area contributed by atoms with Crippen molar-refractivity contribution in [1.29, 1.82) is 0 Å². The average molecular weight is 271 g/mol. The van der Waals surface area contributed by atoms with Crippen molar-refractivity contribution in [2.24, 2.45) is 4.99 Å². The summed E-state index contributed by atoms with van der Waals surface area (Å²) >= 11 is 0. The van der Waals surface area contributed by atoms with Crippen LogP contribution in [0.15, 0.2) is 35.6 Å². The van der Waals surface area contributed by atoms with Crippen LogP contribution in [0.1, 0.15) is 25.5 Å². The summed E-state index contributed by atoms with van der Waals surface area (Å²) in [6.07, 6.45) is 7.48. The van der Waals surface area contributed by atoms with Gasteiger partial charge in [0.15, 0.2) is 5.96 Å². The van der Waals surface area contributed by atoms with Crippen LogP contribution in [0.2, 0.25) is 0 Å². The Hall–Kier alpha value is -2.04. The number of imidazole rings is 1. The standard InChI is InChI=1S/C15H21N5/c1-2-16-15(19-12-6-7-12)17-9-8-13-11-20-10-4-3-5-14(20)18-13/h3-5,10-12H,2,6-9H2,1H3,(H2,16,17,19). The van der Waals surface area contributed by atoms with E-state index in [0.717, 1.165) is 36.8 Å². The summed E-state index contributed by atoms with van der Waals surface area (Å²) in [5.74, 6) is 0.929. The molecule has 0 aromatic carbocycles. The molecule has 0 amide bonds. The molecule has 2 aromatic heterocycles. The Bertz CT molecular complexity index is 564. The summed E-state index contributed by atoms with van der Waals surface area (Å²) in [5.41, 5.74) is 2.08. The van der Waals surface area contributed by atoms with E-state index in [1.807, 2.05) is 28.8 Å². The Morgan fingerprint density at radius 2 is 2.35 bits per heavy atom. The predicted octanol–water partition coefficient (Wildman–Crippen LogP) is 1.59. The summed E-state index contributed by atoms with van der Waals surface area (Å²) in [7, 11) is 0. The molecule has 0 saturated heterocycles. The Labute approximate surface area is 119 Å². The number of fused-ring (bicyclic) bond motifs is 1. The molecule has 1 fully saturated rings. The van der Waals surface area contributed by atoms with Crippen LogP contribution in [0.4, 0.5) is 0 Å². The number of guanidine groups is 1. The first-order valence-corrected chi connectivity index (χ1v) is 7.32. The van der Waals surface area contributed by atoms with Crippen molar-refractivity contribution in [3.05, 3.63) is 36.3 Å². The molecule has 1 aliphatic rings. The highest BCUT2D eigenvalue weighted by Crippen LogP contribution is 2.18. The van der Waals surface area contributed by atoms with E-state index >= 15 is 0 Å². The maximum absolute atomic E-state index is 4.60. The maximum Gasteiger partial charge on any atom is 0.191 e. The Balaban J connectivity index is 1.59. The fourth-order valence-corrected chi connectivity index (χ4v) is 2.13. The van der Waals surface area contributed by atoms with Gasteiger partial charge >= 0.3 is 0 Å². The lowest BCUT2D eigenvalue weighted by atomic mass is 10.3. The number of pyridine rings is 1. The van der Waals surface area contributed by atoms with Crippen LogP contribution < -0.4 is 10.6 Å². The smallest absolute Gasteiger partial charge is 0.191 e. The Kier molecular flexibility index (Phi) is 3.85. The van der Waals surface area contributed by atoms with Crippen molar-refractivity contribution < 1.29 is 0 Å². The molecular formula is C15H21N5. The van der Waals surface area contributed by atoms with Crippen molar-refractivity contribution in [2.45, 2.75) is 32.2 Å². The summed E-state index contributed by atoms with van der Waals surface area (Å²) in [5, 5.41) is 6.70. The third-order valence-electron chi connectivity index (χ3n) is 3.31. The zero-order valence-electron chi connectivity index (χ0n) is 11.8. The van der Waals surface area contributed by atoms with E-state index in [1.54, 1.807) is 0 Å². The number of rotatable bonds is 5. The van der Waals surface area contributed by atoms with Gasteiger partial charge in [0.25, 0.3) is 0 Å². The van der Waals surface area contributed by atoms with E-state index in [-0.39, 0.29) is 0 Å². The van der Waals surface area contributed by atoms with E-state index in [1.165, 1.54) is 12.8 Å². The highest BCUT2D eigenvalue weighted by atomic mass is 15.2. The van der Waals surface area contributed by atoms with Gasteiger partial charge in [-0.25, -0.2) is 4.98 Å². The lowest BCUT2D eigenvalue weighted by molar-refractivity contribution is 0.806. The van der Waals surface area contributed by atoms with Gasteiger partial charge in [0.05, 0.1) is 5.69 Å². The molecule has 20 heavy (non-hydrogen) atoms. The van der Waals surface area contributed by atoms with Gasteiger partial charge in [-0.1, -0.05) is 6.07 Å². The van der Waals surface area contributed by atoms with Crippen LogP contribution in [-0.4, -0.2) is 34.5 Å². The van der Waals surface area contributed by atoms with Gasteiger partial charge in [-0.15, -0.1) is 0 Å². The number of aromatic nitrogens is 2. The van der Waals surface area contributed by atoms with Crippen LogP contribution in [0, 0.1) is 0 Å². The van der Waals surface area contributed by atoms with Gasteiger partial charge < -0.3 is 15.0 Å². The molecule has 3 rings (SSSR count). The van der Waals surface area contributed by atoms with E-state index in [0.29, 0.717) is 6.04 Å². The van der Waals surface area contributed by atoms with Crippen molar-refractivity contribution in [3.8, 4) is 0 Å². The van der Waals surface area contributed by atoms with Crippen molar-refractivity contribution in [1.82, 2.24) is 20.0 Å². The van der Waals surface area contributed by atoms with Crippen LogP contribution >= 0.6 is 0 Å². The quantitative estimate of drug-likeness (QED) is 0.641. The predicted molar refractivity (Wildman–Crippen MR) is 81.0 cm³/mol. The van der Waals surface area contributed by atoms with Crippen molar-refractivity contribution >= 4 is 11.6 Å². The van der Waals surface area contributed by atoms with Crippen molar-refractivity contribution in [2.75, 3.05) is 13.1 Å². The molecule has 0 radical (unpaired) electrons. The molecule has 0 bridgehead atoms. The normalized spacial score (nSPS) is 15.6. The van der Waals surface area contributed by atoms with Crippen LogP contribution in [0.25, 0.3) is 5.65 Å². The summed E-state index contributed by atoms with van der Waals surface area (Å²) in [6, 6.07) is 6.67. The minimum Gasteiger partial charge on any atom is -0.357 e. The number of nitrogens with zero attached hydrogens (tertiary/aromatic N) is 3. The van der Waals surface area contributed by atoms with E-state index in [4.69, 9.17) is 0 Å². The van der Waals surface area contributed by atoms with Crippen LogP contribution in [0.3, 0.4) is 0 Å². The zero-order chi connectivity index (χ0) is 13.8. The number of hydrogen-bond acceptors (Lipinski definition) is 2. The highest BCUT2D eigenvalue weighted by molar-refractivity contribution is 5.80. The van der Waals surface area contributed by atoms with Gasteiger partial charge in [-0.3, -0.25) is 4.99 Å². The fourth-order valence-electron chi connectivity index (χ4n) is 2.13. The zero-order valence-corrected chi connectivity index (χ0v) is 11.8. The second kappa shape index (κ2) is 5.94. The topological polar surface area (TPSA) is 53.7 Å². The maximum atomic E-state index is 4.60. The molecule has 0 unspecified atom stereocenters. The Morgan fingerprint density at radius 1 is 1.45 bits per heavy atom. The Morgan fingerprint density at radius 3 is 3.10 bits per heavy atom. The average Bonchev–Trinajstić information content (AvgIpc) is 3.16. The van der Waals surface area contributed by atoms with Gasteiger partial charge in [-0.2, -0.15) is 0 Å². The minimum atomic E-state index is 0.628.